The fourth-order valence-corrected chi connectivity index (χ4v) is 2.73. The summed E-state index contributed by atoms with van der Waals surface area (Å²) in [6, 6.07) is 0.727. The molecule has 0 atom stereocenters. The first-order valence-electron chi connectivity index (χ1n) is 8.42. The number of likely N-dealkylation sites (tertiary alicyclic amines) is 1. The van der Waals surface area contributed by atoms with E-state index in [-0.39, 0.29) is 6.03 Å². The Morgan fingerprint density at radius 3 is 2.48 bits per heavy atom. The van der Waals surface area contributed by atoms with E-state index in [1.807, 2.05) is 7.05 Å². The molecule has 0 aromatic rings. The Hall–Kier alpha value is -0.810. The highest BCUT2D eigenvalue weighted by atomic mass is 16.2. The predicted octanol–water partition coefficient (Wildman–Crippen LogP) is 1.84. The first-order valence-corrected chi connectivity index (χ1v) is 8.42. The van der Waals surface area contributed by atoms with E-state index in [0.29, 0.717) is 6.04 Å². The Morgan fingerprint density at radius 1 is 1.19 bits per heavy atom. The van der Waals surface area contributed by atoms with Gasteiger partial charge in [-0.1, -0.05) is 19.8 Å². The van der Waals surface area contributed by atoms with Crippen molar-refractivity contribution in [3.8, 4) is 0 Å². The van der Waals surface area contributed by atoms with Crippen molar-refractivity contribution in [2.75, 3.05) is 53.9 Å². The van der Waals surface area contributed by atoms with Crippen LogP contribution in [0.15, 0.2) is 0 Å². The minimum absolute atomic E-state index is 0.0582. The van der Waals surface area contributed by atoms with Gasteiger partial charge in [-0.15, -0.1) is 0 Å². The summed E-state index contributed by atoms with van der Waals surface area (Å²) in [6.07, 6.45) is 5.92. The zero-order valence-corrected chi connectivity index (χ0v) is 14.4. The van der Waals surface area contributed by atoms with Crippen LogP contribution in [0.2, 0.25) is 0 Å². The van der Waals surface area contributed by atoms with Gasteiger partial charge in [-0.05, 0) is 46.4 Å². The molecule has 2 amide bonds. The number of likely N-dealkylation sites (N-methyl/N-ethyl adjacent to an activating group) is 2. The van der Waals surface area contributed by atoms with Crippen LogP contribution < -0.4 is 5.32 Å². The number of unbranched alkanes of at least 4 members (excludes halogenated alkanes) is 2. The Labute approximate surface area is 130 Å². The molecule has 1 aliphatic rings. The lowest BCUT2D eigenvalue weighted by Crippen LogP contribution is -2.46. The summed E-state index contributed by atoms with van der Waals surface area (Å²) in [4.78, 5) is 18.5. The summed E-state index contributed by atoms with van der Waals surface area (Å²) in [5.74, 6) is 0. The van der Waals surface area contributed by atoms with Gasteiger partial charge in [0.2, 0.25) is 0 Å². The third-order valence-corrected chi connectivity index (χ3v) is 4.50. The first-order chi connectivity index (χ1) is 10.0. The van der Waals surface area contributed by atoms with E-state index in [1.54, 1.807) is 4.90 Å². The van der Waals surface area contributed by atoms with Gasteiger partial charge in [-0.2, -0.15) is 0 Å². The lowest BCUT2D eigenvalue weighted by atomic mass is 10.0. The molecule has 21 heavy (non-hydrogen) atoms. The summed E-state index contributed by atoms with van der Waals surface area (Å²) in [5.41, 5.74) is 0. The third-order valence-electron chi connectivity index (χ3n) is 4.50. The van der Waals surface area contributed by atoms with Crippen molar-refractivity contribution in [3.63, 3.8) is 0 Å². The number of urea groups is 1. The van der Waals surface area contributed by atoms with E-state index in [1.165, 1.54) is 38.8 Å². The molecule has 5 nitrogen and oxygen atoms in total. The van der Waals surface area contributed by atoms with E-state index in [9.17, 15) is 4.79 Å². The lowest BCUT2D eigenvalue weighted by molar-refractivity contribution is 0.135. The van der Waals surface area contributed by atoms with Crippen molar-refractivity contribution in [3.05, 3.63) is 0 Å². The Balaban J connectivity index is 2.16. The van der Waals surface area contributed by atoms with E-state index in [2.05, 4.69) is 36.1 Å². The van der Waals surface area contributed by atoms with Gasteiger partial charge in [0.1, 0.15) is 0 Å². The summed E-state index contributed by atoms with van der Waals surface area (Å²) in [7, 11) is 6.26. The summed E-state index contributed by atoms with van der Waals surface area (Å²) < 4.78 is 0. The topological polar surface area (TPSA) is 38.8 Å². The smallest absolute Gasteiger partial charge is 0.317 e. The highest BCUT2D eigenvalue weighted by Crippen LogP contribution is 2.13. The highest BCUT2D eigenvalue weighted by Gasteiger charge is 2.20. The van der Waals surface area contributed by atoms with Crippen LogP contribution in [0.3, 0.4) is 0 Å². The minimum Gasteiger partial charge on any atom is -0.338 e. The molecule has 1 saturated heterocycles. The molecule has 0 spiro atoms. The molecule has 1 aliphatic heterocycles. The predicted molar refractivity (Wildman–Crippen MR) is 88.7 cm³/mol. The second-order valence-electron chi connectivity index (χ2n) is 6.38. The number of nitrogens with one attached hydrogen (secondary N) is 1. The standard InChI is InChI=1S/C16H34N4O/c1-5-6-7-10-17-16(21)20(4)14-13-19(3)15-8-11-18(2)12-9-15/h15H,5-14H2,1-4H3,(H,17,21). The van der Waals surface area contributed by atoms with Crippen molar-refractivity contribution in [1.82, 2.24) is 20.0 Å². The van der Waals surface area contributed by atoms with Crippen molar-refractivity contribution >= 4 is 6.03 Å². The van der Waals surface area contributed by atoms with E-state index in [4.69, 9.17) is 0 Å². The van der Waals surface area contributed by atoms with Gasteiger partial charge < -0.3 is 20.0 Å². The van der Waals surface area contributed by atoms with Gasteiger partial charge in [-0.3, -0.25) is 0 Å². The largest absolute Gasteiger partial charge is 0.338 e. The van der Waals surface area contributed by atoms with Crippen LogP contribution >= 0.6 is 0 Å². The number of nitrogens with zero attached hydrogens (tertiary/aromatic N) is 3. The molecule has 1 fully saturated rings. The van der Waals surface area contributed by atoms with Gasteiger partial charge in [0.15, 0.2) is 0 Å². The van der Waals surface area contributed by atoms with Crippen LogP contribution in [0.1, 0.15) is 39.0 Å². The number of carbonyl (C=O) groups is 1. The highest BCUT2D eigenvalue weighted by molar-refractivity contribution is 5.73. The van der Waals surface area contributed by atoms with Gasteiger partial charge >= 0.3 is 6.03 Å². The number of rotatable bonds is 8. The summed E-state index contributed by atoms with van der Waals surface area (Å²) in [5, 5.41) is 2.99. The van der Waals surface area contributed by atoms with Crippen LogP contribution in [-0.2, 0) is 0 Å². The zero-order valence-electron chi connectivity index (χ0n) is 14.4. The van der Waals surface area contributed by atoms with Crippen LogP contribution in [-0.4, -0.2) is 80.6 Å². The zero-order chi connectivity index (χ0) is 15.7. The molecule has 0 aromatic heterocycles. The van der Waals surface area contributed by atoms with E-state index >= 15 is 0 Å². The molecule has 0 unspecified atom stereocenters. The van der Waals surface area contributed by atoms with Crippen molar-refractivity contribution in [2.24, 2.45) is 0 Å². The minimum atomic E-state index is 0.0582. The molecule has 1 N–H and O–H groups in total. The maximum Gasteiger partial charge on any atom is 0.317 e. The molecule has 124 valence electrons. The number of amides is 2. The lowest BCUT2D eigenvalue weighted by Gasteiger charge is -2.35. The van der Waals surface area contributed by atoms with Crippen LogP contribution in [0, 0.1) is 0 Å². The molecular formula is C16H34N4O. The average Bonchev–Trinajstić information content (AvgIpc) is 2.49. The molecule has 5 heteroatoms. The average molecular weight is 298 g/mol. The molecule has 0 radical (unpaired) electrons. The van der Waals surface area contributed by atoms with Gasteiger partial charge in [-0.25, -0.2) is 4.79 Å². The Bertz CT molecular complexity index is 290. The van der Waals surface area contributed by atoms with Gasteiger partial charge in [0.25, 0.3) is 0 Å². The molecule has 1 rings (SSSR count). The molecule has 0 aliphatic carbocycles. The second-order valence-corrected chi connectivity index (χ2v) is 6.38. The maximum absolute atomic E-state index is 11.9. The van der Waals surface area contributed by atoms with Crippen molar-refractivity contribution in [2.45, 2.75) is 45.1 Å². The quantitative estimate of drug-likeness (QED) is 0.695. The summed E-state index contributed by atoms with van der Waals surface area (Å²) in [6.45, 7) is 7.08. The van der Waals surface area contributed by atoms with Gasteiger partial charge in [0, 0.05) is 32.7 Å². The monoisotopic (exact) mass is 298 g/mol. The van der Waals surface area contributed by atoms with Crippen LogP contribution in [0.25, 0.3) is 0 Å². The van der Waals surface area contributed by atoms with Crippen LogP contribution in [0.4, 0.5) is 4.79 Å². The van der Waals surface area contributed by atoms with Crippen LogP contribution in [0.5, 0.6) is 0 Å². The van der Waals surface area contributed by atoms with E-state index in [0.717, 1.165) is 26.1 Å². The Kier molecular flexibility index (Phi) is 8.69. The number of hydrogen-bond donors (Lipinski definition) is 1. The fraction of sp³-hybridized carbons (Fsp3) is 0.938. The molecule has 0 bridgehead atoms. The fourth-order valence-electron chi connectivity index (χ4n) is 2.73. The molecular weight excluding hydrogens is 264 g/mol. The molecule has 1 heterocycles. The third kappa shape index (κ3) is 7.14. The number of carbonyl (C=O) groups excluding carboxylic acids is 1. The number of piperidine rings is 1. The molecule has 0 saturated carbocycles. The SMILES string of the molecule is CCCCCNC(=O)N(C)CCN(C)C1CCN(C)CC1. The second kappa shape index (κ2) is 10.0. The summed E-state index contributed by atoms with van der Waals surface area (Å²) >= 11 is 0. The first kappa shape index (κ1) is 18.2. The van der Waals surface area contributed by atoms with Crippen molar-refractivity contribution < 1.29 is 4.79 Å². The van der Waals surface area contributed by atoms with Gasteiger partial charge in [0.05, 0.1) is 0 Å². The van der Waals surface area contributed by atoms with Crippen molar-refractivity contribution in [1.29, 1.82) is 0 Å². The van der Waals surface area contributed by atoms with E-state index < -0.39 is 0 Å². The Morgan fingerprint density at radius 2 is 1.86 bits per heavy atom. The molecule has 0 aromatic carbocycles. The normalized spacial score (nSPS) is 17.2. The number of hydrogen-bond acceptors (Lipinski definition) is 3. The maximum atomic E-state index is 11.9.